The maximum absolute atomic E-state index is 2.36. The molecule has 0 nitrogen and oxygen atoms in total. The molecule has 0 aliphatic rings. The Kier molecular flexibility index (Phi) is 17.7. The molecule has 0 aromatic rings. The molecule has 0 aliphatic heterocycles. The van der Waals surface area contributed by atoms with Gasteiger partial charge in [-0.2, -0.15) is 0 Å². The summed E-state index contributed by atoms with van der Waals surface area (Å²) in [6.45, 7) is 2.30. The van der Waals surface area contributed by atoms with Crippen molar-refractivity contribution in [1.82, 2.24) is 0 Å². The van der Waals surface area contributed by atoms with Crippen LogP contribution in [0.2, 0.25) is 0 Å². The molecule has 0 aromatic carbocycles. The summed E-state index contributed by atoms with van der Waals surface area (Å²) in [5.41, 5.74) is 0. The summed E-state index contributed by atoms with van der Waals surface area (Å²) >= 11 is 0. The molecule has 0 radical (unpaired) electrons. The molecule has 20 heavy (non-hydrogen) atoms. The highest BCUT2D eigenvalue weighted by atomic mass is 32.2. The minimum atomic E-state index is 0.668. The van der Waals surface area contributed by atoms with E-state index in [-0.39, 0.29) is 0 Å². The van der Waals surface area contributed by atoms with Gasteiger partial charge >= 0.3 is 0 Å². The maximum Gasteiger partial charge on any atom is 0.107 e. The van der Waals surface area contributed by atoms with Crippen molar-refractivity contribution in [3.8, 4) is 0 Å². The monoisotopic (exact) mass is 301 g/mol. The first kappa shape index (κ1) is 20.3. The van der Waals surface area contributed by atoms with Crippen LogP contribution in [-0.2, 0) is 10.9 Å². The van der Waals surface area contributed by atoms with Crippen LogP contribution in [0.4, 0.5) is 0 Å². The van der Waals surface area contributed by atoms with E-state index in [9.17, 15) is 0 Å². The first-order chi connectivity index (χ1) is 9.77. The first-order valence-corrected chi connectivity index (χ1v) is 11.5. The van der Waals surface area contributed by atoms with Gasteiger partial charge in [-0.05, 0) is 23.7 Å². The highest BCUT2D eigenvalue weighted by Gasteiger charge is 2.00. The maximum atomic E-state index is 2.36. The van der Waals surface area contributed by atoms with Gasteiger partial charge in [0.05, 0.1) is 12.5 Å². The predicted octanol–water partition coefficient (Wildman–Crippen LogP) is 6.74. The Morgan fingerprint density at radius 3 is 1.05 bits per heavy atom. The fraction of sp³-hybridized carbons (Fsp3) is 1.00. The molecule has 0 rings (SSSR count). The topological polar surface area (TPSA) is 0 Å². The van der Waals surface area contributed by atoms with Crippen LogP contribution in [0.3, 0.4) is 0 Å². The highest BCUT2D eigenvalue weighted by molar-refractivity contribution is 7.95. The lowest BCUT2D eigenvalue weighted by Gasteiger charge is -2.03. The van der Waals surface area contributed by atoms with Crippen LogP contribution in [0.5, 0.6) is 0 Å². The van der Waals surface area contributed by atoms with Crippen molar-refractivity contribution in [2.45, 2.75) is 103 Å². The Morgan fingerprint density at radius 2 is 0.750 bits per heavy atom. The van der Waals surface area contributed by atoms with E-state index in [0.717, 1.165) is 0 Å². The molecular weight excluding hydrogens is 260 g/mol. The lowest BCUT2D eigenvalue weighted by atomic mass is 10.0. The van der Waals surface area contributed by atoms with Gasteiger partial charge in [0.15, 0.2) is 0 Å². The fourth-order valence-corrected chi connectivity index (χ4v) is 3.54. The minimum Gasteiger partial charge on any atom is -0.0654 e. The second kappa shape index (κ2) is 17.4. The van der Waals surface area contributed by atoms with Crippen molar-refractivity contribution in [2.75, 3.05) is 18.3 Å². The summed E-state index contributed by atoms with van der Waals surface area (Å²) in [7, 11) is 0.668. The van der Waals surface area contributed by atoms with E-state index in [1.165, 1.54) is 102 Å². The molecule has 0 aliphatic carbocycles. The largest absolute Gasteiger partial charge is 0.107 e. The van der Waals surface area contributed by atoms with Crippen molar-refractivity contribution in [2.24, 2.45) is 0 Å². The van der Waals surface area contributed by atoms with Crippen LogP contribution in [0.25, 0.3) is 0 Å². The molecule has 0 saturated heterocycles. The minimum absolute atomic E-state index is 0.668. The van der Waals surface area contributed by atoms with Crippen LogP contribution >= 0.6 is 0 Å². The van der Waals surface area contributed by atoms with E-state index in [0.29, 0.717) is 10.9 Å². The summed E-state index contributed by atoms with van der Waals surface area (Å²) in [4.78, 5) is 0. The molecule has 0 N–H and O–H groups in total. The summed E-state index contributed by atoms with van der Waals surface area (Å²) < 4.78 is 0. The lowest BCUT2D eigenvalue weighted by molar-refractivity contribution is 0.535. The van der Waals surface area contributed by atoms with E-state index in [4.69, 9.17) is 0 Å². The molecule has 1 heteroatoms. The van der Waals surface area contributed by atoms with Gasteiger partial charge in [-0.3, -0.25) is 0 Å². The van der Waals surface area contributed by atoms with Crippen LogP contribution in [0, 0.1) is 0 Å². The summed E-state index contributed by atoms with van der Waals surface area (Å²) in [5.74, 6) is 1.46. The smallest absolute Gasteiger partial charge is 0.0654 e. The Bertz CT molecular complexity index is 165. The summed E-state index contributed by atoms with van der Waals surface area (Å²) in [6, 6.07) is 0. The van der Waals surface area contributed by atoms with Crippen LogP contribution in [0.15, 0.2) is 0 Å². The zero-order valence-electron chi connectivity index (χ0n) is 14.7. The fourth-order valence-electron chi connectivity index (χ4n) is 2.76. The molecule has 0 saturated carbocycles. The third-order valence-electron chi connectivity index (χ3n) is 4.16. The lowest BCUT2D eigenvalue weighted by Crippen LogP contribution is -2.00. The van der Waals surface area contributed by atoms with Gasteiger partial charge in [-0.1, -0.05) is 90.4 Å². The molecule has 0 heterocycles. The van der Waals surface area contributed by atoms with Gasteiger partial charge in [0, 0.05) is 0 Å². The Morgan fingerprint density at radius 1 is 0.450 bits per heavy atom. The molecular formula is C19H41S+. The zero-order valence-corrected chi connectivity index (χ0v) is 15.5. The second-order valence-corrected chi connectivity index (χ2v) is 9.02. The Hall–Kier alpha value is 0.350. The van der Waals surface area contributed by atoms with Crippen LogP contribution < -0.4 is 0 Å². The van der Waals surface area contributed by atoms with Crippen molar-refractivity contribution < 1.29 is 0 Å². The average molecular weight is 302 g/mol. The molecule has 0 fully saturated rings. The quantitative estimate of drug-likeness (QED) is 0.219. The summed E-state index contributed by atoms with van der Waals surface area (Å²) in [5, 5.41) is 0. The predicted molar refractivity (Wildman–Crippen MR) is 99.0 cm³/mol. The van der Waals surface area contributed by atoms with Crippen molar-refractivity contribution >= 4 is 10.9 Å². The number of hydrogen-bond donors (Lipinski definition) is 0. The molecule has 0 aromatic heterocycles. The van der Waals surface area contributed by atoms with E-state index in [1.54, 1.807) is 0 Å². The number of unbranched alkanes of at least 4 members (excludes halogenated alkanes) is 14. The van der Waals surface area contributed by atoms with Crippen molar-refractivity contribution in [1.29, 1.82) is 0 Å². The van der Waals surface area contributed by atoms with Gasteiger partial charge in [0.2, 0.25) is 0 Å². The van der Waals surface area contributed by atoms with Crippen molar-refractivity contribution in [3.63, 3.8) is 0 Å². The van der Waals surface area contributed by atoms with E-state index in [2.05, 4.69) is 19.4 Å². The molecule has 0 atom stereocenters. The Balaban J connectivity index is 2.92. The third kappa shape index (κ3) is 18.4. The summed E-state index contributed by atoms with van der Waals surface area (Å²) in [6.07, 6.45) is 26.8. The normalized spacial score (nSPS) is 11.4. The highest BCUT2D eigenvalue weighted by Crippen LogP contribution is 2.13. The van der Waals surface area contributed by atoms with Crippen molar-refractivity contribution in [3.05, 3.63) is 0 Å². The molecule has 122 valence electrons. The number of hydrogen-bond acceptors (Lipinski definition) is 0. The third-order valence-corrected chi connectivity index (χ3v) is 5.26. The van der Waals surface area contributed by atoms with Crippen LogP contribution in [-0.4, -0.2) is 18.3 Å². The second-order valence-electron chi connectivity index (χ2n) is 6.64. The van der Waals surface area contributed by atoms with E-state index < -0.39 is 0 Å². The zero-order chi connectivity index (χ0) is 14.9. The standard InChI is InChI=1S/C19H41S/c1-4-5-6-7-8-9-10-11-12-13-14-15-16-17-18-19-20(2)3/h4-19H2,1-3H3/q+1. The molecule has 0 spiro atoms. The molecule has 0 unspecified atom stereocenters. The van der Waals surface area contributed by atoms with E-state index >= 15 is 0 Å². The van der Waals surface area contributed by atoms with Gasteiger partial charge in [-0.25, -0.2) is 0 Å². The molecule has 0 bridgehead atoms. The number of rotatable bonds is 16. The van der Waals surface area contributed by atoms with Gasteiger partial charge in [0.1, 0.15) is 5.75 Å². The SMILES string of the molecule is CCCCCCCCCCCCCCCCC[S+](C)C. The average Bonchev–Trinajstić information content (AvgIpc) is 2.43. The van der Waals surface area contributed by atoms with Crippen LogP contribution in [0.1, 0.15) is 103 Å². The molecule has 0 amide bonds. The van der Waals surface area contributed by atoms with E-state index in [1.807, 2.05) is 0 Å². The first-order valence-electron chi connectivity index (χ1n) is 9.31. The van der Waals surface area contributed by atoms with Gasteiger partial charge in [-0.15, -0.1) is 0 Å². The van der Waals surface area contributed by atoms with Gasteiger partial charge < -0.3 is 0 Å². The Labute approximate surface area is 132 Å². The van der Waals surface area contributed by atoms with Gasteiger partial charge in [0.25, 0.3) is 0 Å².